The molecule has 0 radical (unpaired) electrons. The monoisotopic (exact) mass is 490 g/mol. The summed E-state index contributed by atoms with van der Waals surface area (Å²) in [4.78, 5) is 9.48. The lowest BCUT2D eigenvalue weighted by Crippen LogP contribution is -2.44. The van der Waals surface area contributed by atoms with Gasteiger partial charge in [0.1, 0.15) is 11.8 Å². The third-order valence-electron chi connectivity index (χ3n) is 6.44. The van der Waals surface area contributed by atoms with Gasteiger partial charge in [0.15, 0.2) is 5.58 Å². The van der Waals surface area contributed by atoms with E-state index in [0.29, 0.717) is 12.1 Å². The van der Waals surface area contributed by atoms with Crippen molar-refractivity contribution in [3.8, 4) is 22.3 Å². The molecule has 0 bridgehead atoms. The minimum Gasteiger partial charge on any atom is -0.462 e. The number of nitrogens with zero attached hydrogens (tertiary/aromatic N) is 3. The molecule has 5 rings (SSSR count). The van der Waals surface area contributed by atoms with Gasteiger partial charge < -0.3 is 14.2 Å². The maximum atomic E-state index is 12.2. The highest BCUT2D eigenvalue weighted by Crippen LogP contribution is 2.33. The molecule has 7 nitrogen and oxygen atoms in total. The number of benzene rings is 2. The molecule has 182 valence electrons. The number of sulfonamides is 1. The molecule has 0 spiro atoms. The van der Waals surface area contributed by atoms with E-state index in [1.54, 1.807) is 13.2 Å². The molecule has 1 aliphatic rings. The molecular weight excluding hydrogens is 460 g/mol. The summed E-state index contributed by atoms with van der Waals surface area (Å²) in [5.74, 6) is -0.0633. The number of rotatable bonds is 7. The molecule has 2 aromatic carbocycles. The molecule has 0 amide bonds. The predicted octanol–water partition coefficient (Wildman–Crippen LogP) is 4.35. The smallest absolute Gasteiger partial charge is 0.215 e. The minimum atomic E-state index is -3.36. The van der Waals surface area contributed by atoms with Crippen molar-refractivity contribution in [2.45, 2.75) is 12.7 Å². The molecule has 3 heterocycles. The number of likely N-dealkylation sites (N-methyl/N-ethyl adjacent to an activating group) is 1. The third kappa shape index (κ3) is 5.24. The van der Waals surface area contributed by atoms with Gasteiger partial charge in [0, 0.05) is 55.7 Å². The quantitative estimate of drug-likeness (QED) is 0.415. The summed E-state index contributed by atoms with van der Waals surface area (Å²) in [5, 5.41) is 0. The summed E-state index contributed by atoms with van der Waals surface area (Å²) in [6.07, 6.45) is 3.56. The van der Waals surface area contributed by atoms with Crippen LogP contribution < -0.4 is 9.62 Å². The van der Waals surface area contributed by atoms with Gasteiger partial charge in [-0.25, -0.2) is 13.1 Å². The number of fused-ring (bicyclic) bond motifs is 1. The van der Waals surface area contributed by atoms with Crippen molar-refractivity contribution in [3.05, 3.63) is 72.6 Å². The summed E-state index contributed by atoms with van der Waals surface area (Å²) in [6, 6.07) is 18.1. The van der Waals surface area contributed by atoms with E-state index in [2.05, 4.69) is 45.8 Å². The maximum Gasteiger partial charge on any atom is 0.215 e. The second-order valence-electron chi connectivity index (χ2n) is 9.01. The molecular formula is C27H30N4O3S. The Hall–Kier alpha value is -3.20. The second-order valence-corrected chi connectivity index (χ2v) is 10.8. The van der Waals surface area contributed by atoms with Gasteiger partial charge in [-0.05, 0) is 48.0 Å². The summed E-state index contributed by atoms with van der Waals surface area (Å²) in [7, 11) is -1.19. The first-order valence-electron chi connectivity index (χ1n) is 11.9. The van der Waals surface area contributed by atoms with E-state index in [0.717, 1.165) is 59.5 Å². The first kappa shape index (κ1) is 23.5. The van der Waals surface area contributed by atoms with Crippen LogP contribution in [0.2, 0.25) is 0 Å². The Morgan fingerprint density at radius 3 is 2.49 bits per heavy atom. The lowest BCUT2D eigenvalue weighted by Gasteiger charge is -2.34. The number of anilines is 1. The Kier molecular flexibility index (Phi) is 6.60. The number of hydrogen-bond donors (Lipinski definition) is 1. The zero-order valence-corrected chi connectivity index (χ0v) is 20.9. The van der Waals surface area contributed by atoms with E-state index >= 15 is 0 Å². The molecule has 1 aliphatic heterocycles. The van der Waals surface area contributed by atoms with Crippen LogP contribution in [0.3, 0.4) is 0 Å². The third-order valence-corrected chi connectivity index (χ3v) is 7.88. The van der Waals surface area contributed by atoms with Crippen molar-refractivity contribution in [3.63, 3.8) is 0 Å². The Morgan fingerprint density at radius 1 is 0.971 bits per heavy atom. The Bertz CT molecular complexity index is 1420. The summed E-state index contributed by atoms with van der Waals surface area (Å²) in [6.45, 7) is 6.39. The standard InChI is InChI=1S/C27H30N4O3S/c1-3-29-35(32,33)19-20-5-4-6-22(15-20)25-18-34-26-16-23(17-28-27(25)26)21-7-9-24(10-8-21)31-13-11-30(2)12-14-31/h4-10,15-18,29H,3,11-14,19H2,1-2H3. The van der Waals surface area contributed by atoms with Crippen LogP contribution >= 0.6 is 0 Å². The fraction of sp³-hybridized carbons (Fsp3) is 0.296. The number of nitrogens with one attached hydrogen (secondary N) is 1. The van der Waals surface area contributed by atoms with Crippen molar-refractivity contribution >= 4 is 26.8 Å². The van der Waals surface area contributed by atoms with E-state index in [-0.39, 0.29) is 5.75 Å². The topological polar surface area (TPSA) is 78.7 Å². The van der Waals surface area contributed by atoms with Gasteiger partial charge in [0.05, 0.1) is 5.75 Å². The highest BCUT2D eigenvalue weighted by Gasteiger charge is 2.16. The van der Waals surface area contributed by atoms with Gasteiger partial charge in [0.2, 0.25) is 10.0 Å². The van der Waals surface area contributed by atoms with Crippen LogP contribution in [-0.2, 0) is 15.8 Å². The van der Waals surface area contributed by atoms with Crippen molar-refractivity contribution in [2.24, 2.45) is 0 Å². The average molecular weight is 491 g/mol. The molecule has 4 aromatic rings. The van der Waals surface area contributed by atoms with Gasteiger partial charge in [0.25, 0.3) is 0 Å². The molecule has 0 saturated carbocycles. The van der Waals surface area contributed by atoms with Gasteiger partial charge in [-0.15, -0.1) is 0 Å². The van der Waals surface area contributed by atoms with E-state index in [1.165, 1.54) is 5.69 Å². The van der Waals surface area contributed by atoms with Crippen LogP contribution in [0.5, 0.6) is 0 Å². The first-order chi connectivity index (χ1) is 16.9. The average Bonchev–Trinajstić information content (AvgIpc) is 3.28. The van der Waals surface area contributed by atoms with Crippen LogP contribution in [0, 0.1) is 0 Å². The van der Waals surface area contributed by atoms with E-state index in [1.807, 2.05) is 36.5 Å². The van der Waals surface area contributed by atoms with Crippen LogP contribution in [0.1, 0.15) is 12.5 Å². The highest BCUT2D eigenvalue weighted by molar-refractivity contribution is 7.88. The van der Waals surface area contributed by atoms with E-state index in [9.17, 15) is 8.42 Å². The minimum absolute atomic E-state index is 0.0633. The van der Waals surface area contributed by atoms with Gasteiger partial charge in [-0.2, -0.15) is 0 Å². The number of pyridine rings is 1. The second kappa shape index (κ2) is 9.81. The predicted molar refractivity (Wildman–Crippen MR) is 141 cm³/mol. The normalized spacial score (nSPS) is 15.1. The van der Waals surface area contributed by atoms with Crippen molar-refractivity contribution in [1.82, 2.24) is 14.6 Å². The largest absolute Gasteiger partial charge is 0.462 e. The van der Waals surface area contributed by atoms with E-state index < -0.39 is 10.0 Å². The summed E-state index contributed by atoms with van der Waals surface area (Å²) < 4.78 is 32.7. The van der Waals surface area contributed by atoms with Crippen LogP contribution in [0.15, 0.2) is 71.5 Å². The zero-order valence-electron chi connectivity index (χ0n) is 20.1. The first-order valence-corrected chi connectivity index (χ1v) is 13.5. The molecule has 0 atom stereocenters. The number of piperazine rings is 1. The Labute approximate surface area is 206 Å². The lowest BCUT2D eigenvalue weighted by molar-refractivity contribution is 0.313. The number of aromatic nitrogens is 1. The van der Waals surface area contributed by atoms with Crippen LogP contribution in [0.25, 0.3) is 33.4 Å². The molecule has 8 heteroatoms. The molecule has 0 unspecified atom stereocenters. The highest BCUT2D eigenvalue weighted by atomic mass is 32.2. The van der Waals surface area contributed by atoms with Crippen molar-refractivity contribution in [2.75, 3.05) is 44.7 Å². The molecule has 1 N–H and O–H groups in total. The van der Waals surface area contributed by atoms with Crippen molar-refractivity contribution < 1.29 is 12.8 Å². The fourth-order valence-corrected chi connectivity index (χ4v) is 5.69. The van der Waals surface area contributed by atoms with Crippen LogP contribution in [0.4, 0.5) is 5.69 Å². The van der Waals surface area contributed by atoms with Gasteiger partial charge in [-0.3, -0.25) is 4.98 Å². The molecule has 1 saturated heterocycles. The lowest BCUT2D eigenvalue weighted by atomic mass is 10.0. The van der Waals surface area contributed by atoms with Gasteiger partial charge >= 0.3 is 0 Å². The van der Waals surface area contributed by atoms with E-state index in [4.69, 9.17) is 9.40 Å². The molecule has 1 fully saturated rings. The van der Waals surface area contributed by atoms with Gasteiger partial charge in [-0.1, -0.05) is 37.3 Å². The van der Waals surface area contributed by atoms with Crippen molar-refractivity contribution in [1.29, 1.82) is 0 Å². The Balaban J connectivity index is 1.38. The molecule has 0 aliphatic carbocycles. The summed E-state index contributed by atoms with van der Waals surface area (Å²) >= 11 is 0. The Morgan fingerprint density at radius 2 is 1.74 bits per heavy atom. The zero-order chi connectivity index (χ0) is 24.4. The number of furan rings is 1. The molecule has 35 heavy (non-hydrogen) atoms. The van der Waals surface area contributed by atoms with Crippen LogP contribution in [-0.4, -0.2) is 58.1 Å². The molecule has 2 aromatic heterocycles. The number of hydrogen-bond acceptors (Lipinski definition) is 6. The SMILES string of the molecule is CCNS(=O)(=O)Cc1cccc(-c2coc3cc(-c4ccc(N5CCN(C)CC5)cc4)cnc23)c1. The maximum absolute atomic E-state index is 12.2. The fourth-order valence-electron chi connectivity index (χ4n) is 4.53. The summed E-state index contributed by atoms with van der Waals surface area (Å²) in [5.41, 5.74) is 7.23.